The van der Waals surface area contributed by atoms with Gasteiger partial charge in [0.15, 0.2) is 0 Å². The fraction of sp³-hybridized carbons (Fsp3) is 0.364. The van der Waals surface area contributed by atoms with Gasteiger partial charge in [-0.3, -0.25) is 9.58 Å². The number of anilines is 1. The number of nitrogens with zero attached hydrogens (tertiary/aromatic N) is 6. The summed E-state index contributed by atoms with van der Waals surface area (Å²) in [7, 11) is 0. The van der Waals surface area contributed by atoms with E-state index >= 15 is 0 Å². The zero-order valence-electron chi connectivity index (χ0n) is 23.4. The summed E-state index contributed by atoms with van der Waals surface area (Å²) in [6, 6.07) is 18.7. The number of rotatable bonds is 5. The van der Waals surface area contributed by atoms with Crippen LogP contribution in [0.2, 0.25) is 0 Å². The molecule has 8 rings (SSSR count). The number of benzene rings is 3. The van der Waals surface area contributed by atoms with Crippen LogP contribution >= 0.6 is 0 Å². The number of fused-ring (bicyclic) bond motifs is 4. The number of ether oxygens (including phenoxy) is 1. The second kappa shape index (κ2) is 9.45. The van der Waals surface area contributed by atoms with Crippen molar-refractivity contribution in [2.75, 3.05) is 31.1 Å². The maximum atomic E-state index is 10.6. The highest BCUT2D eigenvalue weighted by Gasteiger charge is 2.45. The van der Waals surface area contributed by atoms with Crippen LogP contribution in [0.3, 0.4) is 0 Å². The Bertz CT molecular complexity index is 1790. The number of aromatic nitrogens is 4. The summed E-state index contributed by atoms with van der Waals surface area (Å²) in [4.78, 5) is 15.1. The van der Waals surface area contributed by atoms with Gasteiger partial charge in [-0.1, -0.05) is 30.3 Å². The van der Waals surface area contributed by atoms with E-state index in [0.717, 1.165) is 76.9 Å². The Morgan fingerprint density at radius 2 is 1.76 bits per heavy atom. The number of aromatic hydroxyl groups is 1. The van der Waals surface area contributed by atoms with Crippen molar-refractivity contribution in [3.05, 3.63) is 72.1 Å². The number of phenols is 1. The Balaban J connectivity index is 1.26. The van der Waals surface area contributed by atoms with Gasteiger partial charge in [-0.25, -0.2) is 0 Å². The summed E-state index contributed by atoms with van der Waals surface area (Å²) in [6.45, 7) is 7.44. The molecule has 5 aromatic rings. The van der Waals surface area contributed by atoms with Gasteiger partial charge in [-0.15, -0.1) is 0 Å². The number of hydrogen-bond donors (Lipinski definition) is 1. The van der Waals surface area contributed by atoms with Gasteiger partial charge in [0.25, 0.3) is 0 Å². The lowest BCUT2D eigenvalue weighted by Gasteiger charge is -2.32. The summed E-state index contributed by atoms with van der Waals surface area (Å²) >= 11 is 0. The van der Waals surface area contributed by atoms with Gasteiger partial charge in [0.05, 0.1) is 29.8 Å². The summed E-state index contributed by atoms with van der Waals surface area (Å²) in [6.07, 6.45) is 6.69. The predicted octanol–water partition coefficient (Wildman–Crippen LogP) is 5.69. The van der Waals surface area contributed by atoms with Crippen LogP contribution in [-0.4, -0.2) is 61.5 Å². The van der Waals surface area contributed by atoms with Crippen LogP contribution < -0.4 is 9.64 Å². The van der Waals surface area contributed by atoms with Crippen LogP contribution in [0.4, 0.5) is 5.82 Å². The molecule has 2 saturated heterocycles. The first-order chi connectivity index (χ1) is 20.1. The molecular formula is C33H34N6O2. The minimum Gasteiger partial charge on any atom is -0.508 e. The molecule has 8 nitrogen and oxygen atoms in total. The highest BCUT2D eigenvalue weighted by Crippen LogP contribution is 2.41. The quantitative estimate of drug-likeness (QED) is 0.303. The Labute approximate surface area is 239 Å². The van der Waals surface area contributed by atoms with E-state index in [1.165, 1.54) is 31.4 Å². The fourth-order valence-corrected chi connectivity index (χ4v) is 7.44. The Hall–Kier alpha value is -4.17. The van der Waals surface area contributed by atoms with Crippen molar-refractivity contribution in [2.24, 2.45) is 0 Å². The fourth-order valence-electron chi connectivity index (χ4n) is 7.44. The van der Waals surface area contributed by atoms with Crippen LogP contribution in [0.1, 0.15) is 36.9 Å². The minimum absolute atomic E-state index is 0.119. The normalized spacial score (nSPS) is 18.2. The zero-order valence-corrected chi connectivity index (χ0v) is 23.4. The third-order valence-corrected chi connectivity index (χ3v) is 9.54. The van der Waals surface area contributed by atoms with E-state index in [2.05, 4.69) is 50.8 Å². The monoisotopic (exact) mass is 546 g/mol. The van der Waals surface area contributed by atoms with Crippen molar-refractivity contribution in [2.45, 2.75) is 51.2 Å². The molecule has 208 valence electrons. The van der Waals surface area contributed by atoms with E-state index < -0.39 is 0 Å². The van der Waals surface area contributed by atoms with Crippen molar-refractivity contribution < 1.29 is 9.84 Å². The topological polar surface area (TPSA) is 79.5 Å². The van der Waals surface area contributed by atoms with Crippen LogP contribution in [0.15, 0.2) is 60.8 Å². The van der Waals surface area contributed by atoms with Gasteiger partial charge >= 0.3 is 6.01 Å². The van der Waals surface area contributed by atoms with E-state index in [4.69, 9.17) is 14.7 Å². The molecule has 1 N–H and O–H groups in total. The van der Waals surface area contributed by atoms with Crippen molar-refractivity contribution >= 4 is 27.5 Å². The molecular weight excluding hydrogens is 512 g/mol. The molecule has 0 radical (unpaired) electrons. The molecule has 8 heteroatoms. The molecule has 0 saturated carbocycles. The first-order valence-corrected chi connectivity index (χ1v) is 14.7. The average Bonchev–Trinajstić information content (AvgIpc) is 3.71. The second-order valence-corrected chi connectivity index (χ2v) is 11.9. The van der Waals surface area contributed by atoms with Gasteiger partial charge < -0.3 is 14.7 Å². The number of phenolic OH excluding ortho intramolecular Hbond substituents is 1. The van der Waals surface area contributed by atoms with Gasteiger partial charge in [0.1, 0.15) is 18.2 Å². The average molecular weight is 547 g/mol. The van der Waals surface area contributed by atoms with E-state index in [9.17, 15) is 5.11 Å². The summed E-state index contributed by atoms with van der Waals surface area (Å²) in [5, 5.41) is 18.2. The Morgan fingerprint density at radius 3 is 2.63 bits per heavy atom. The largest absolute Gasteiger partial charge is 0.508 e. The van der Waals surface area contributed by atoms with Crippen LogP contribution in [0.25, 0.3) is 32.8 Å². The molecule has 0 unspecified atom stereocenters. The highest BCUT2D eigenvalue weighted by molar-refractivity contribution is 6.02. The molecule has 0 bridgehead atoms. The number of hydrogen-bond acceptors (Lipinski definition) is 7. The summed E-state index contributed by atoms with van der Waals surface area (Å²) < 4.78 is 8.60. The molecule has 0 aliphatic carbocycles. The van der Waals surface area contributed by atoms with Crippen molar-refractivity contribution in [1.82, 2.24) is 24.6 Å². The lowest BCUT2D eigenvalue weighted by atomic mass is 9.93. The van der Waals surface area contributed by atoms with E-state index in [1.54, 1.807) is 0 Å². The van der Waals surface area contributed by atoms with Crippen LogP contribution in [0.5, 0.6) is 11.8 Å². The van der Waals surface area contributed by atoms with Gasteiger partial charge in [0, 0.05) is 18.1 Å². The first kappa shape index (κ1) is 24.6. The SMILES string of the molecule is Cc1c(-c2cc(O)cc3ccccc23)ccc2c(N3CCn4nccc4C3)nc(OCC34CCCN3CCC4)nc12. The third-order valence-electron chi connectivity index (χ3n) is 9.54. The Kier molecular flexibility index (Phi) is 5.67. The van der Waals surface area contributed by atoms with Crippen molar-refractivity contribution in [3.8, 4) is 22.9 Å². The molecule has 3 aromatic carbocycles. The van der Waals surface area contributed by atoms with E-state index in [1.807, 2.05) is 36.5 Å². The van der Waals surface area contributed by atoms with Crippen molar-refractivity contribution in [3.63, 3.8) is 0 Å². The lowest BCUT2D eigenvalue weighted by molar-refractivity contribution is 0.108. The summed E-state index contributed by atoms with van der Waals surface area (Å²) in [5.74, 6) is 1.16. The van der Waals surface area contributed by atoms with E-state index in [0.29, 0.717) is 12.6 Å². The minimum atomic E-state index is 0.119. The maximum absolute atomic E-state index is 10.6. The van der Waals surface area contributed by atoms with Gasteiger partial charge in [-0.05, 0) is 97.4 Å². The molecule has 2 aromatic heterocycles. The van der Waals surface area contributed by atoms with Gasteiger partial charge in [-0.2, -0.15) is 15.1 Å². The van der Waals surface area contributed by atoms with Crippen molar-refractivity contribution in [1.29, 1.82) is 0 Å². The molecule has 0 atom stereocenters. The van der Waals surface area contributed by atoms with Gasteiger partial charge in [0.2, 0.25) is 0 Å². The number of aryl methyl sites for hydroxylation is 1. The molecule has 5 heterocycles. The standard InChI is InChI=1S/C33H34N6O2/c1-22-26(29-19-25(40)18-23-6-2-3-7-27(23)29)8-9-28-30(22)35-32(41-21-33-11-4-14-38(33)15-5-12-33)36-31(28)37-16-17-39-24(20-37)10-13-34-39/h2-3,6-10,13,18-19,40H,4-5,11-12,14-17,20-21H2,1H3. The lowest BCUT2D eigenvalue weighted by Crippen LogP contribution is -2.43. The molecule has 2 fully saturated rings. The molecule has 41 heavy (non-hydrogen) atoms. The predicted molar refractivity (Wildman–Crippen MR) is 160 cm³/mol. The molecule has 3 aliphatic heterocycles. The maximum Gasteiger partial charge on any atom is 0.319 e. The molecule has 0 amide bonds. The third kappa shape index (κ3) is 4.03. The van der Waals surface area contributed by atoms with Crippen LogP contribution in [-0.2, 0) is 13.1 Å². The second-order valence-electron chi connectivity index (χ2n) is 11.9. The zero-order chi connectivity index (χ0) is 27.6. The molecule has 3 aliphatic rings. The van der Waals surface area contributed by atoms with E-state index in [-0.39, 0.29) is 11.3 Å². The Morgan fingerprint density at radius 1 is 0.902 bits per heavy atom. The first-order valence-electron chi connectivity index (χ1n) is 14.7. The molecule has 0 spiro atoms. The highest BCUT2D eigenvalue weighted by atomic mass is 16.5. The van der Waals surface area contributed by atoms with Crippen LogP contribution in [0, 0.1) is 6.92 Å². The summed E-state index contributed by atoms with van der Waals surface area (Å²) in [5.41, 5.74) is 5.28. The smallest absolute Gasteiger partial charge is 0.319 e.